The summed E-state index contributed by atoms with van der Waals surface area (Å²) in [5.41, 5.74) is -4.55. The minimum Gasteiger partial charge on any atom is -0.378 e. The van der Waals surface area contributed by atoms with E-state index < -0.39 is 70.0 Å². The fourth-order valence-electron chi connectivity index (χ4n) is 9.61. The Morgan fingerprint density at radius 2 is 1.11 bits per heavy atom. The van der Waals surface area contributed by atoms with Gasteiger partial charge in [-0.3, -0.25) is 9.97 Å². The van der Waals surface area contributed by atoms with Crippen molar-refractivity contribution in [1.29, 1.82) is 4.78 Å². The van der Waals surface area contributed by atoms with Gasteiger partial charge in [0, 0.05) is 83.5 Å². The van der Waals surface area contributed by atoms with Crippen molar-refractivity contribution in [3.8, 4) is 16.8 Å². The number of tetrazole rings is 2. The minimum absolute atomic E-state index is 0.0502. The van der Waals surface area contributed by atoms with Gasteiger partial charge in [-0.05, 0) is 101 Å². The molecule has 6 heterocycles. The quantitative estimate of drug-likeness (QED) is 0.0464. The van der Waals surface area contributed by atoms with Gasteiger partial charge in [0.15, 0.2) is 22.9 Å². The van der Waals surface area contributed by atoms with Crippen LogP contribution in [0.15, 0.2) is 149 Å². The zero-order valence-electron chi connectivity index (χ0n) is 45.1. The lowest BCUT2D eigenvalue weighted by Crippen LogP contribution is -2.46. The molecule has 0 spiro atoms. The van der Waals surface area contributed by atoms with Gasteiger partial charge < -0.3 is 26.2 Å². The summed E-state index contributed by atoms with van der Waals surface area (Å²) in [5.74, 6) is -10.0. The molecule has 2 unspecified atom stereocenters. The molecular weight excluding hydrogens is 1160 g/mol. The lowest BCUT2D eigenvalue weighted by Gasteiger charge is -2.37. The molecule has 1 aliphatic heterocycles. The van der Waals surface area contributed by atoms with E-state index in [1.807, 2.05) is 48.5 Å². The summed E-state index contributed by atoms with van der Waals surface area (Å²) in [7, 11) is 0. The molecule has 1 saturated heterocycles. The van der Waals surface area contributed by atoms with E-state index in [0.717, 1.165) is 91.6 Å². The highest BCUT2D eigenvalue weighted by atomic mass is 79.9. The van der Waals surface area contributed by atoms with Gasteiger partial charge in [-0.25, -0.2) is 27.6 Å². The van der Waals surface area contributed by atoms with Crippen LogP contribution < -0.4 is 21.6 Å². The first-order valence-corrected chi connectivity index (χ1v) is 26.4. The fourth-order valence-corrected chi connectivity index (χ4v) is 9.85. The van der Waals surface area contributed by atoms with Gasteiger partial charge in [0.2, 0.25) is 0 Å². The summed E-state index contributed by atoms with van der Waals surface area (Å²) in [6.07, 6.45) is 7.07. The van der Waals surface area contributed by atoms with Gasteiger partial charge in [-0.2, -0.15) is 33.1 Å². The molecule has 5 aromatic heterocycles. The normalized spacial score (nSPS) is 14.6. The number of aromatic nitrogens is 13. The number of nitrogens with zero attached hydrogens (tertiary/aromatic N) is 13. The number of H-pyrrole nitrogens is 2. The summed E-state index contributed by atoms with van der Waals surface area (Å²) in [6.45, 7) is 9.45. The number of aromatic amines is 2. The standard InChI is InChI=1S/C39H41F3N10O2.C15H11BrF3N5O.HNS.H3N/c1-4-34(26(2)3)52-37(53)51(25-44-52)31-16-14-30(15-17-31)50-21-19-49(20-22-50)29-12-9-27(10-13-29)28-11-18-35(43-24-28)39(41,42)38(54,23-36-45-47-48-46-36)32-7-5-6-8-33(32)40;16-9-5-6-12(20-8-9)15(18,19)14(25,7-13-21-23-24-22-13)10-3-1-2-4-11(10)17;1-2;/h5-18,24-26,34,54H,4,19-23H2,1-3H3,(H,45,46,47,48);1-6,8,25H,7H2,(H,21,22,23,24);1H;1H3/t34-,38?;;;/m0.../s1/i/hT. The molecule has 4 aromatic carbocycles. The molecule has 1 aliphatic rings. The van der Waals surface area contributed by atoms with Crippen molar-refractivity contribution in [2.45, 2.75) is 69.1 Å². The van der Waals surface area contributed by atoms with Crippen LogP contribution in [0.5, 0.6) is 0 Å². The third-order valence-electron chi connectivity index (χ3n) is 14.0. The monoisotopic (exact) mass is 1220 g/mol. The highest BCUT2D eigenvalue weighted by molar-refractivity contribution is 9.10. The van der Waals surface area contributed by atoms with Crippen LogP contribution >= 0.6 is 15.9 Å². The summed E-state index contributed by atoms with van der Waals surface area (Å²) < 4.78 is 106. The van der Waals surface area contributed by atoms with Crippen molar-refractivity contribution in [2.24, 2.45) is 5.92 Å². The van der Waals surface area contributed by atoms with E-state index in [9.17, 15) is 23.8 Å². The number of aliphatic hydroxyl groups is 2. The second-order valence-electron chi connectivity index (χ2n) is 19.1. The van der Waals surface area contributed by atoms with Crippen LogP contribution in [0.1, 0.15) is 67.4 Å². The summed E-state index contributed by atoms with van der Waals surface area (Å²) in [4.78, 5) is 25.4. The maximum absolute atomic E-state index is 16.2. The van der Waals surface area contributed by atoms with Crippen LogP contribution in [0, 0.1) is 22.3 Å². The zero-order chi connectivity index (χ0) is 60.1. The number of alkyl halides is 4. The van der Waals surface area contributed by atoms with Gasteiger partial charge in [-0.1, -0.05) is 85.8 Å². The molecule has 0 radical (unpaired) electrons. The predicted octanol–water partition coefficient (Wildman–Crippen LogP) is 9.08. The number of nitrogens with one attached hydrogen (secondary N) is 3. The highest BCUT2D eigenvalue weighted by Gasteiger charge is 2.59. The molecule has 9 aromatic rings. The second-order valence-corrected chi connectivity index (χ2v) is 20.0. The largest absolute Gasteiger partial charge is 0.378 e. The number of pyridine rings is 2. The van der Waals surface area contributed by atoms with E-state index in [1.165, 1.54) is 48.8 Å². The Balaban J connectivity index is 0.000000285. The molecule has 1 fully saturated rings. The lowest BCUT2D eigenvalue weighted by molar-refractivity contribution is -0.199. The summed E-state index contributed by atoms with van der Waals surface area (Å²) in [6, 6.07) is 30.5. The Morgan fingerprint density at radius 1 is 0.671 bits per heavy atom. The molecule has 0 bridgehead atoms. The maximum Gasteiger partial charge on any atom is 0.350 e. The zero-order valence-corrected chi connectivity index (χ0v) is 46.5. The molecule has 430 valence electrons. The Morgan fingerprint density at radius 3 is 1.51 bits per heavy atom. The number of hydrogen-bond acceptors (Lipinski definition) is 17. The van der Waals surface area contributed by atoms with Crippen molar-refractivity contribution in [3.05, 3.63) is 201 Å². The van der Waals surface area contributed by atoms with Crippen LogP contribution in [0.4, 0.5) is 37.7 Å². The fraction of sp³-hybridized carbons (Fsp3) is 0.296. The van der Waals surface area contributed by atoms with Crippen molar-refractivity contribution in [1.82, 2.24) is 71.7 Å². The van der Waals surface area contributed by atoms with Crippen LogP contribution in [0.2, 0.25) is 1.41 Å². The van der Waals surface area contributed by atoms with Gasteiger partial charge in [0.1, 0.15) is 30.8 Å². The van der Waals surface area contributed by atoms with E-state index in [-0.39, 0.29) is 23.4 Å². The Bertz CT molecular complexity index is 3530. The minimum atomic E-state index is -4.03. The van der Waals surface area contributed by atoms with Gasteiger partial charge in [0.05, 0.1) is 24.6 Å². The first kappa shape index (κ1) is 59.9. The van der Waals surface area contributed by atoms with E-state index in [0.29, 0.717) is 16.0 Å². The topological polar surface area (TPSA) is 280 Å². The number of halogens is 7. The molecule has 20 nitrogen and oxygen atoms in total. The van der Waals surface area contributed by atoms with E-state index in [4.69, 9.17) is 6.19 Å². The van der Waals surface area contributed by atoms with Crippen molar-refractivity contribution in [3.63, 3.8) is 0 Å². The molecule has 28 heteroatoms. The summed E-state index contributed by atoms with van der Waals surface area (Å²) in [5, 5.41) is 52.3. The molecular formula is C54H56BrF6N17O3S. The van der Waals surface area contributed by atoms with Crippen molar-refractivity contribution >= 4 is 39.7 Å². The van der Waals surface area contributed by atoms with E-state index >= 15 is 17.6 Å². The third-order valence-corrected chi connectivity index (χ3v) is 14.4. The molecule has 10 rings (SSSR count). The van der Waals surface area contributed by atoms with Crippen LogP contribution in [-0.4, -0.2) is 102 Å². The first-order chi connectivity index (χ1) is 39.8. The van der Waals surface area contributed by atoms with Gasteiger partial charge in [0.25, 0.3) is 0 Å². The SMILES string of the molecule is CC[C@@H](C(C)C)n1ncn(-c2ccc(N3CCN(c4ccc(-c5ccc(C(F)(F)C(O)(Cc6nn[nH]n6)c6ccccc6F)nc5)cc4)CC3)cc2)c1=O.N=S.OC(Cc1nn[nH]n1)(c1ccccc1F)C(F)(F)c1ccc(Br)cn1.[3H]N. The Hall–Kier alpha value is -8.18. The molecule has 0 saturated carbocycles. The maximum atomic E-state index is 16.2. The molecule has 0 aliphatic carbocycles. The number of benzene rings is 4. The molecule has 82 heavy (non-hydrogen) atoms. The number of anilines is 2. The van der Waals surface area contributed by atoms with Gasteiger partial charge >= 0.3 is 17.5 Å². The van der Waals surface area contributed by atoms with Crippen molar-refractivity contribution < 1.29 is 38.0 Å². The lowest BCUT2D eigenvalue weighted by atomic mass is 9.81. The molecule has 0 amide bonds. The molecule has 8 N–H and O–H groups in total. The Labute approximate surface area is 480 Å². The molecule has 3 atom stereocenters. The number of rotatable bonds is 17. The highest BCUT2D eigenvalue weighted by Crippen LogP contribution is 2.49. The summed E-state index contributed by atoms with van der Waals surface area (Å²) >= 11 is 6.44. The average Bonchev–Trinajstić information content (AvgIpc) is 2.61. The smallest absolute Gasteiger partial charge is 0.350 e. The first-order valence-electron chi connectivity index (χ1n) is 25.7. The van der Waals surface area contributed by atoms with Crippen LogP contribution in [0.3, 0.4) is 0 Å². The Kier molecular flexibility index (Phi) is 19.1. The number of piperazine rings is 1. The van der Waals surface area contributed by atoms with Gasteiger partial charge in [-0.15, -0.1) is 20.4 Å². The van der Waals surface area contributed by atoms with Crippen LogP contribution in [0.25, 0.3) is 16.8 Å². The average molecular weight is 1220 g/mol. The second kappa shape index (κ2) is 26.2. The number of hydrogen-bond donors (Lipinski definition) is 6. The van der Waals surface area contributed by atoms with Crippen molar-refractivity contribution in [2.75, 3.05) is 36.0 Å². The predicted molar refractivity (Wildman–Crippen MR) is 297 cm³/mol. The third kappa shape index (κ3) is 12.6. The van der Waals surface area contributed by atoms with E-state index in [1.54, 1.807) is 15.6 Å². The van der Waals surface area contributed by atoms with Crippen LogP contribution in [-0.2, 0) is 48.3 Å². The van der Waals surface area contributed by atoms with E-state index in [2.05, 4.69) is 121 Å².